The Balaban J connectivity index is 1.64. The molecule has 5 aromatic rings. The summed E-state index contributed by atoms with van der Waals surface area (Å²) in [4.78, 5) is 20.1. The van der Waals surface area contributed by atoms with Crippen molar-refractivity contribution in [3.05, 3.63) is 85.3 Å². The first-order valence-corrected chi connectivity index (χ1v) is 13.4. The van der Waals surface area contributed by atoms with E-state index in [1.165, 1.54) is 14.5 Å². The van der Waals surface area contributed by atoms with E-state index in [4.69, 9.17) is 14.5 Å². The first-order valence-electron chi connectivity index (χ1n) is 12.0. The van der Waals surface area contributed by atoms with Gasteiger partial charge in [-0.2, -0.15) is 4.31 Å². The first-order chi connectivity index (χ1) is 18.8. The standard InChI is InChI=1S/C27H29N7O4S/c1-32(2)39(35,36)34-11-10-29-27(34)18-33(21-13-22(37-3)15-23(14-21)38-4)26-8-7-24-25(31-26)12-20(17-30-24)19-6-5-9-28-16-19/h5-17,35-36H,18H2,1-4H3. The lowest BCUT2D eigenvalue weighted by Crippen LogP contribution is -2.28. The Hall–Kier alpha value is -4.23. The highest BCUT2D eigenvalue weighted by molar-refractivity contribution is 8.20. The molecule has 0 bridgehead atoms. The lowest BCUT2D eigenvalue weighted by Gasteiger charge is -2.40. The molecule has 12 heteroatoms. The molecule has 0 saturated heterocycles. The predicted molar refractivity (Wildman–Crippen MR) is 152 cm³/mol. The number of imidazole rings is 1. The molecule has 2 N–H and O–H groups in total. The fraction of sp³-hybridized carbons (Fsp3) is 0.185. The van der Waals surface area contributed by atoms with Crippen molar-refractivity contribution in [1.82, 2.24) is 28.2 Å². The maximum atomic E-state index is 10.8. The average Bonchev–Trinajstić information content (AvgIpc) is 3.44. The maximum absolute atomic E-state index is 10.8. The van der Waals surface area contributed by atoms with Gasteiger partial charge in [0.25, 0.3) is 0 Å². The van der Waals surface area contributed by atoms with Gasteiger partial charge in [-0.3, -0.25) is 19.1 Å². The molecular formula is C27H29N7O4S. The highest BCUT2D eigenvalue weighted by Gasteiger charge is 2.24. The number of hydrogen-bond acceptors (Lipinski definition) is 10. The van der Waals surface area contributed by atoms with Crippen molar-refractivity contribution in [2.45, 2.75) is 6.54 Å². The van der Waals surface area contributed by atoms with Crippen LogP contribution in [0.15, 0.2) is 79.5 Å². The summed E-state index contributed by atoms with van der Waals surface area (Å²) < 4.78 is 35.4. The van der Waals surface area contributed by atoms with Crippen LogP contribution in [0.4, 0.5) is 11.5 Å². The van der Waals surface area contributed by atoms with Gasteiger partial charge in [-0.25, -0.2) is 13.9 Å². The number of pyridine rings is 3. The van der Waals surface area contributed by atoms with Crippen molar-refractivity contribution in [3.8, 4) is 22.6 Å². The number of rotatable bonds is 9. The van der Waals surface area contributed by atoms with E-state index >= 15 is 0 Å². The van der Waals surface area contributed by atoms with Crippen LogP contribution >= 0.6 is 11.0 Å². The number of aromatic nitrogens is 5. The van der Waals surface area contributed by atoms with Crippen LogP contribution in [-0.4, -0.2) is 65.6 Å². The summed E-state index contributed by atoms with van der Waals surface area (Å²) in [7, 11) is 3.07. The minimum absolute atomic E-state index is 0.168. The van der Waals surface area contributed by atoms with E-state index in [-0.39, 0.29) is 6.54 Å². The third-order valence-corrected chi connectivity index (χ3v) is 8.02. The second-order valence-electron chi connectivity index (χ2n) is 8.80. The predicted octanol–water partition coefficient (Wildman–Crippen LogP) is 5.23. The van der Waals surface area contributed by atoms with Gasteiger partial charge in [0.2, 0.25) is 0 Å². The molecule has 0 aliphatic rings. The van der Waals surface area contributed by atoms with Crippen molar-refractivity contribution < 1.29 is 18.6 Å². The van der Waals surface area contributed by atoms with Crippen molar-refractivity contribution in [2.75, 3.05) is 33.2 Å². The topological polar surface area (TPSA) is 122 Å². The van der Waals surface area contributed by atoms with Crippen molar-refractivity contribution in [2.24, 2.45) is 0 Å². The molecule has 0 amide bonds. The Labute approximate surface area is 227 Å². The molecule has 11 nitrogen and oxygen atoms in total. The Morgan fingerprint density at radius 3 is 2.31 bits per heavy atom. The van der Waals surface area contributed by atoms with E-state index in [9.17, 15) is 9.11 Å². The largest absolute Gasteiger partial charge is 0.497 e. The summed E-state index contributed by atoms with van der Waals surface area (Å²) in [6.45, 7) is 0.168. The van der Waals surface area contributed by atoms with Crippen LogP contribution in [0.5, 0.6) is 11.5 Å². The molecule has 0 aliphatic carbocycles. The van der Waals surface area contributed by atoms with Gasteiger partial charge in [0, 0.05) is 74.4 Å². The third-order valence-electron chi connectivity index (χ3n) is 6.18. The number of nitrogens with zero attached hydrogens (tertiary/aromatic N) is 7. The minimum atomic E-state index is -3.30. The van der Waals surface area contributed by atoms with Crippen molar-refractivity contribution >= 4 is 33.5 Å². The van der Waals surface area contributed by atoms with Gasteiger partial charge >= 0.3 is 0 Å². The van der Waals surface area contributed by atoms with Crippen LogP contribution in [0.1, 0.15) is 5.82 Å². The van der Waals surface area contributed by atoms with Gasteiger partial charge in [-0.05, 0) is 35.2 Å². The van der Waals surface area contributed by atoms with Crippen LogP contribution in [0.3, 0.4) is 0 Å². The van der Waals surface area contributed by atoms with Gasteiger partial charge in [0.15, 0.2) is 0 Å². The molecule has 4 aromatic heterocycles. The molecule has 0 aliphatic heterocycles. The summed E-state index contributed by atoms with van der Waals surface area (Å²) in [6, 6.07) is 15.1. The highest BCUT2D eigenvalue weighted by atomic mass is 32.3. The molecule has 0 unspecified atom stereocenters. The van der Waals surface area contributed by atoms with E-state index in [1.54, 1.807) is 59.2 Å². The Kier molecular flexibility index (Phi) is 7.35. The SMILES string of the molecule is COc1cc(OC)cc(N(Cc2nccn2S(O)(O)N(C)C)c2ccc3ncc(-c4cccnc4)cc3n2)c1. The molecule has 202 valence electrons. The molecule has 4 heterocycles. The third kappa shape index (κ3) is 5.36. The van der Waals surface area contributed by atoms with E-state index < -0.39 is 11.0 Å². The molecule has 1 aromatic carbocycles. The molecule has 5 rings (SSSR count). The lowest BCUT2D eigenvalue weighted by atomic mass is 10.1. The number of benzene rings is 1. The summed E-state index contributed by atoms with van der Waals surface area (Å²) in [5.41, 5.74) is 3.97. The van der Waals surface area contributed by atoms with E-state index in [2.05, 4.69) is 15.0 Å². The Morgan fingerprint density at radius 2 is 1.64 bits per heavy atom. The Morgan fingerprint density at radius 1 is 0.872 bits per heavy atom. The van der Waals surface area contributed by atoms with Gasteiger partial charge in [0.05, 0.1) is 37.5 Å². The maximum Gasteiger partial charge on any atom is 0.148 e. The highest BCUT2D eigenvalue weighted by Crippen LogP contribution is 2.44. The van der Waals surface area contributed by atoms with Gasteiger partial charge < -0.3 is 14.4 Å². The monoisotopic (exact) mass is 547 g/mol. The smallest absolute Gasteiger partial charge is 0.148 e. The fourth-order valence-corrected chi connectivity index (χ4v) is 5.02. The normalized spacial score (nSPS) is 12.1. The molecule has 0 spiro atoms. The van der Waals surface area contributed by atoms with Gasteiger partial charge in [0.1, 0.15) is 23.1 Å². The molecule has 0 fully saturated rings. The van der Waals surface area contributed by atoms with Crippen LogP contribution in [0.2, 0.25) is 0 Å². The number of ether oxygens (including phenoxy) is 2. The van der Waals surface area contributed by atoms with Crippen LogP contribution < -0.4 is 14.4 Å². The molecular weight excluding hydrogens is 518 g/mol. The molecule has 0 saturated carbocycles. The zero-order valence-corrected chi connectivity index (χ0v) is 22.8. The van der Waals surface area contributed by atoms with Gasteiger partial charge in [-0.1, -0.05) is 6.07 Å². The Bertz CT molecular complexity index is 1570. The number of fused-ring (bicyclic) bond motifs is 1. The fourth-order valence-electron chi connectivity index (χ4n) is 4.06. The summed E-state index contributed by atoms with van der Waals surface area (Å²) >= 11 is 0. The number of anilines is 2. The molecule has 0 atom stereocenters. The minimum Gasteiger partial charge on any atom is -0.497 e. The average molecular weight is 548 g/mol. The lowest BCUT2D eigenvalue weighted by molar-refractivity contribution is 0.394. The van der Waals surface area contributed by atoms with Crippen LogP contribution in [0, 0.1) is 0 Å². The van der Waals surface area contributed by atoms with E-state index in [0.717, 1.165) is 16.6 Å². The molecule has 39 heavy (non-hydrogen) atoms. The zero-order valence-electron chi connectivity index (χ0n) is 22.0. The first kappa shape index (κ1) is 26.4. The van der Waals surface area contributed by atoms with Gasteiger partial charge in [-0.15, -0.1) is 0 Å². The number of methoxy groups -OCH3 is 2. The second kappa shape index (κ2) is 10.9. The summed E-state index contributed by atoms with van der Waals surface area (Å²) in [5, 5.41) is 0. The second-order valence-corrected chi connectivity index (χ2v) is 10.9. The van der Waals surface area contributed by atoms with Crippen LogP contribution in [-0.2, 0) is 6.54 Å². The van der Waals surface area contributed by atoms with E-state index in [0.29, 0.717) is 34.3 Å². The zero-order chi connectivity index (χ0) is 27.6. The van der Waals surface area contributed by atoms with E-state index in [1.807, 2.05) is 47.4 Å². The van der Waals surface area contributed by atoms with Crippen molar-refractivity contribution in [1.29, 1.82) is 0 Å². The van der Waals surface area contributed by atoms with Crippen LogP contribution in [0.25, 0.3) is 22.2 Å². The summed E-state index contributed by atoms with van der Waals surface area (Å²) in [5.74, 6) is 2.21. The summed E-state index contributed by atoms with van der Waals surface area (Å²) in [6.07, 6.45) is 8.39. The number of hydrogen-bond donors (Lipinski definition) is 2. The van der Waals surface area contributed by atoms with Crippen molar-refractivity contribution in [3.63, 3.8) is 0 Å². The molecule has 0 radical (unpaired) electrons. The quantitative estimate of drug-likeness (QED) is 0.253.